The molecule has 2 nitrogen and oxygen atoms in total. The zero-order valence-corrected chi connectivity index (χ0v) is 10.7. The number of halogens is 1. The SMILES string of the molecule is CC(C)c1ccc(-c2cc(Cl)cnc2N)cc1. The third kappa shape index (κ3) is 2.59. The molecule has 1 heterocycles. The molecule has 0 radical (unpaired) electrons. The molecule has 17 heavy (non-hydrogen) atoms. The summed E-state index contributed by atoms with van der Waals surface area (Å²) in [5, 5.41) is 0.599. The topological polar surface area (TPSA) is 38.9 Å². The van der Waals surface area contributed by atoms with Crippen LogP contribution in [0, 0.1) is 0 Å². The van der Waals surface area contributed by atoms with Gasteiger partial charge in [0.1, 0.15) is 5.82 Å². The number of anilines is 1. The van der Waals surface area contributed by atoms with Crippen molar-refractivity contribution in [3.05, 3.63) is 47.1 Å². The second-order valence-corrected chi connectivity index (χ2v) is 4.80. The quantitative estimate of drug-likeness (QED) is 0.866. The number of pyridine rings is 1. The summed E-state index contributed by atoms with van der Waals surface area (Å²) in [7, 11) is 0. The highest BCUT2D eigenvalue weighted by Gasteiger charge is 2.05. The Hall–Kier alpha value is -1.54. The number of benzene rings is 1. The molecule has 0 aliphatic rings. The Kier molecular flexibility index (Phi) is 3.34. The first-order valence-electron chi connectivity index (χ1n) is 5.59. The molecule has 1 aromatic carbocycles. The molecule has 2 aromatic rings. The summed E-state index contributed by atoms with van der Waals surface area (Å²) in [6.45, 7) is 4.34. The lowest BCUT2D eigenvalue weighted by atomic mass is 9.99. The molecule has 0 aliphatic carbocycles. The van der Waals surface area contributed by atoms with Crippen molar-refractivity contribution in [2.24, 2.45) is 0 Å². The van der Waals surface area contributed by atoms with Crippen LogP contribution in [0.15, 0.2) is 36.5 Å². The highest BCUT2D eigenvalue weighted by atomic mass is 35.5. The average Bonchev–Trinajstić information content (AvgIpc) is 2.32. The molecule has 0 saturated heterocycles. The van der Waals surface area contributed by atoms with Gasteiger partial charge in [-0.15, -0.1) is 0 Å². The van der Waals surface area contributed by atoms with Gasteiger partial charge < -0.3 is 5.73 Å². The number of nitrogens with two attached hydrogens (primary N) is 1. The number of hydrogen-bond donors (Lipinski definition) is 1. The molecule has 0 fully saturated rings. The molecular weight excluding hydrogens is 232 g/mol. The van der Waals surface area contributed by atoms with Crippen LogP contribution in [0.4, 0.5) is 5.82 Å². The van der Waals surface area contributed by atoms with E-state index in [2.05, 4.69) is 43.1 Å². The lowest BCUT2D eigenvalue weighted by Gasteiger charge is -2.08. The van der Waals surface area contributed by atoms with Crippen molar-refractivity contribution < 1.29 is 0 Å². The van der Waals surface area contributed by atoms with Gasteiger partial charge in [-0.3, -0.25) is 0 Å². The molecule has 0 unspecified atom stereocenters. The van der Waals surface area contributed by atoms with Crippen LogP contribution in [-0.2, 0) is 0 Å². The highest BCUT2D eigenvalue weighted by Crippen LogP contribution is 2.28. The molecule has 0 bridgehead atoms. The van der Waals surface area contributed by atoms with E-state index in [0.29, 0.717) is 16.8 Å². The van der Waals surface area contributed by atoms with Crippen molar-refractivity contribution in [2.75, 3.05) is 5.73 Å². The standard InChI is InChI=1S/C14H15ClN2/c1-9(2)10-3-5-11(6-4-10)13-7-12(15)8-17-14(13)16/h3-9H,1-2H3,(H2,16,17). The van der Waals surface area contributed by atoms with E-state index in [0.717, 1.165) is 11.1 Å². The van der Waals surface area contributed by atoms with Crippen molar-refractivity contribution >= 4 is 17.4 Å². The molecule has 0 spiro atoms. The summed E-state index contributed by atoms with van der Waals surface area (Å²) >= 11 is 5.93. The van der Waals surface area contributed by atoms with Gasteiger partial charge in [-0.1, -0.05) is 49.7 Å². The molecule has 0 saturated carbocycles. The van der Waals surface area contributed by atoms with E-state index >= 15 is 0 Å². The minimum Gasteiger partial charge on any atom is -0.383 e. The van der Waals surface area contributed by atoms with Crippen LogP contribution in [0.2, 0.25) is 5.02 Å². The molecule has 2 rings (SSSR count). The van der Waals surface area contributed by atoms with E-state index in [1.165, 1.54) is 5.56 Å². The Balaban J connectivity index is 2.43. The van der Waals surface area contributed by atoms with E-state index in [-0.39, 0.29) is 0 Å². The van der Waals surface area contributed by atoms with E-state index in [1.54, 1.807) is 6.20 Å². The van der Waals surface area contributed by atoms with Crippen molar-refractivity contribution in [1.29, 1.82) is 0 Å². The third-order valence-corrected chi connectivity index (χ3v) is 2.98. The molecule has 0 amide bonds. The largest absolute Gasteiger partial charge is 0.383 e. The zero-order valence-electron chi connectivity index (χ0n) is 9.94. The van der Waals surface area contributed by atoms with Gasteiger partial charge in [0.15, 0.2) is 0 Å². The average molecular weight is 247 g/mol. The summed E-state index contributed by atoms with van der Waals surface area (Å²) in [4.78, 5) is 4.06. The van der Waals surface area contributed by atoms with Crippen LogP contribution < -0.4 is 5.73 Å². The maximum atomic E-state index is 5.93. The predicted octanol–water partition coefficient (Wildman–Crippen LogP) is 4.11. The Morgan fingerprint density at radius 1 is 1.18 bits per heavy atom. The summed E-state index contributed by atoms with van der Waals surface area (Å²) in [5.74, 6) is 1.03. The Morgan fingerprint density at radius 3 is 2.41 bits per heavy atom. The van der Waals surface area contributed by atoms with Gasteiger partial charge in [-0.05, 0) is 23.1 Å². The lowest BCUT2D eigenvalue weighted by Crippen LogP contribution is -1.94. The maximum Gasteiger partial charge on any atom is 0.131 e. The summed E-state index contributed by atoms with van der Waals surface area (Å²) < 4.78 is 0. The minimum atomic E-state index is 0.506. The van der Waals surface area contributed by atoms with E-state index in [4.69, 9.17) is 17.3 Å². The summed E-state index contributed by atoms with van der Waals surface area (Å²) in [6, 6.07) is 10.2. The van der Waals surface area contributed by atoms with Crippen molar-refractivity contribution in [3.8, 4) is 11.1 Å². The normalized spacial score (nSPS) is 10.8. The van der Waals surface area contributed by atoms with Gasteiger partial charge >= 0.3 is 0 Å². The Bertz CT molecular complexity index is 518. The van der Waals surface area contributed by atoms with Crippen LogP contribution in [-0.4, -0.2) is 4.98 Å². The van der Waals surface area contributed by atoms with Crippen LogP contribution in [0.25, 0.3) is 11.1 Å². The van der Waals surface area contributed by atoms with E-state index in [9.17, 15) is 0 Å². The highest BCUT2D eigenvalue weighted by molar-refractivity contribution is 6.30. The fourth-order valence-electron chi connectivity index (χ4n) is 1.73. The Morgan fingerprint density at radius 2 is 1.82 bits per heavy atom. The number of hydrogen-bond acceptors (Lipinski definition) is 2. The minimum absolute atomic E-state index is 0.506. The number of nitrogens with zero attached hydrogens (tertiary/aromatic N) is 1. The van der Waals surface area contributed by atoms with Gasteiger partial charge in [0.05, 0.1) is 5.02 Å². The molecule has 88 valence electrons. The summed E-state index contributed by atoms with van der Waals surface area (Å²) in [5.41, 5.74) is 9.08. The fraction of sp³-hybridized carbons (Fsp3) is 0.214. The van der Waals surface area contributed by atoms with Crippen molar-refractivity contribution in [3.63, 3.8) is 0 Å². The van der Waals surface area contributed by atoms with Crippen molar-refractivity contribution in [2.45, 2.75) is 19.8 Å². The summed E-state index contributed by atoms with van der Waals surface area (Å²) in [6.07, 6.45) is 1.56. The van der Waals surface area contributed by atoms with Crippen LogP contribution in [0.5, 0.6) is 0 Å². The smallest absolute Gasteiger partial charge is 0.131 e. The molecular formula is C14H15ClN2. The molecule has 0 atom stereocenters. The zero-order chi connectivity index (χ0) is 12.4. The van der Waals surface area contributed by atoms with Crippen molar-refractivity contribution in [1.82, 2.24) is 4.98 Å². The van der Waals surface area contributed by atoms with Gasteiger partial charge in [-0.2, -0.15) is 0 Å². The van der Waals surface area contributed by atoms with Gasteiger partial charge in [-0.25, -0.2) is 4.98 Å². The van der Waals surface area contributed by atoms with Gasteiger partial charge in [0.25, 0.3) is 0 Å². The third-order valence-electron chi connectivity index (χ3n) is 2.77. The van der Waals surface area contributed by atoms with E-state index < -0.39 is 0 Å². The Labute approximate surface area is 106 Å². The van der Waals surface area contributed by atoms with Crippen LogP contribution in [0.3, 0.4) is 0 Å². The second-order valence-electron chi connectivity index (χ2n) is 4.36. The molecule has 1 aromatic heterocycles. The molecule has 2 N–H and O–H groups in total. The first kappa shape index (κ1) is 11.9. The van der Waals surface area contributed by atoms with Gasteiger partial charge in [0.2, 0.25) is 0 Å². The number of nitrogen functional groups attached to an aromatic ring is 1. The maximum absolute atomic E-state index is 5.93. The second kappa shape index (κ2) is 4.76. The molecule has 3 heteroatoms. The van der Waals surface area contributed by atoms with Gasteiger partial charge in [0, 0.05) is 11.8 Å². The van der Waals surface area contributed by atoms with E-state index in [1.807, 2.05) is 6.07 Å². The first-order chi connectivity index (χ1) is 8.08. The number of rotatable bonds is 2. The first-order valence-corrected chi connectivity index (χ1v) is 5.97. The molecule has 0 aliphatic heterocycles. The monoisotopic (exact) mass is 246 g/mol. The number of aromatic nitrogens is 1. The van der Waals surface area contributed by atoms with Crippen LogP contribution >= 0.6 is 11.6 Å². The van der Waals surface area contributed by atoms with Crippen LogP contribution in [0.1, 0.15) is 25.3 Å². The fourth-order valence-corrected chi connectivity index (χ4v) is 1.89. The lowest BCUT2D eigenvalue weighted by molar-refractivity contribution is 0.867. The predicted molar refractivity (Wildman–Crippen MR) is 73.2 cm³/mol.